The first kappa shape index (κ1) is 21.0. The third-order valence-electron chi connectivity index (χ3n) is 8.96. The quantitative estimate of drug-likeness (QED) is 0.504. The van der Waals surface area contributed by atoms with Crippen LogP contribution in [0.3, 0.4) is 0 Å². The summed E-state index contributed by atoms with van der Waals surface area (Å²) in [6.45, 7) is 5.48. The van der Waals surface area contributed by atoms with Gasteiger partial charge in [0.25, 0.3) is 0 Å². The lowest BCUT2D eigenvalue weighted by molar-refractivity contribution is -0.212. The molecule has 4 rings (SSSR count). The number of halogens is 1. The van der Waals surface area contributed by atoms with Crippen molar-refractivity contribution in [3.63, 3.8) is 0 Å². The summed E-state index contributed by atoms with van der Waals surface area (Å²) in [7, 11) is 0. The van der Waals surface area contributed by atoms with Crippen LogP contribution >= 0.6 is 11.6 Å². The molecule has 0 aromatic carbocycles. The zero-order valence-corrected chi connectivity index (χ0v) is 17.7. The van der Waals surface area contributed by atoms with E-state index in [4.69, 9.17) is 11.6 Å². The van der Waals surface area contributed by atoms with Gasteiger partial charge in [-0.2, -0.15) is 0 Å². The molecule has 7 heteroatoms. The van der Waals surface area contributed by atoms with Gasteiger partial charge in [0.2, 0.25) is 0 Å². The van der Waals surface area contributed by atoms with Gasteiger partial charge in [0.1, 0.15) is 5.60 Å². The smallest absolute Gasteiger partial charge is 0.335 e. The third-order valence-corrected chi connectivity index (χ3v) is 9.88. The number of carboxylic acids is 1. The van der Waals surface area contributed by atoms with Crippen LogP contribution in [0.2, 0.25) is 0 Å². The van der Waals surface area contributed by atoms with Crippen molar-refractivity contribution in [2.24, 2.45) is 28.6 Å². The fraction of sp³-hybridized carbons (Fsp3) is 0.727. The summed E-state index contributed by atoms with van der Waals surface area (Å²) in [6.07, 6.45) is 3.81. The van der Waals surface area contributed by atoms with E-state index in [1.165, 1.54) is 6.08 Å². The van der Waals surface area contributed by atoms with E-state index in [0.29, 0.717) is 19.3 Å². The molecule has 0 amide bonds. The number of aliphatic carboxylic acids is 1. The van der Waals surface area contributed by atoms with E-state index < -0.39 is 45.4 Å². The van der Waals surface area contributed by atoms with Gasteiger partial charge < -0.3 is 20.4 Å². The van der Waals surface area contributed by atoms with E-state index in [2.05, 4.69) is 0 Å². The molecule has 0 aromatic rings. The number of fused-ring (bicyclic) bond motifs is 5. The normalized spacial score (nSPS) is 52.2. The van der Waals surface area contributed by atoms with Crippen LogP contribution < -0.4 is 0 Å². The van der Waals surface area contributed by atoms with E-state index in [1.807, 2.05) is 6.92 Å². The Hall–Kier alpha value is -1.21. The topological polar surface area (TPSA) is 115 Å². The Labute approximate surface area is 175 Å². The number of allylic oxidation sites excluding steroid dienone is 4. The van der Waals surface area contributed by atoms with Crippen LogP contribution in [0.5, 0.6) is 0 Å². The summed E-state index contributed by atoms with van der Waals surface area (Å²) >= 11 is 7.29. The highest BCUT2D eigenvalue weighted by Crippen LogP contribution is 2.71. The van der Waals surface area contributed by atoms with Gasteiger partial charge in [-0.25, -0.2) is 4.79 Å². The first-order chi connectivity index (χ1) is 13.3. The molecule has 0 heterocycles. The molecule has 0 spiro atoms. The molecular weight excluding hydrogens is 396 g/mol. The Bertz CT molecular complexity index is 837. The molecule has 0 aromatic heterocycles. The van der Waals surface area contributed by atoms with Crippen molar-refractivity contribution in [1.29, 1.82) is 0 Å². The van der Waals surface area contributed by atoms with Crippen molar-refractivity contribution in [2.45, 2.75) is 69.1 Å². The molecule has 29 heavy (non-hydrogen) atoms. The number of aliphatic hydroxyl groups excluding tert-OH is 2. The molecule has 0 saturated heterocycles. The lowest BCUT2D eigenvalue weighted by Crippen LogP contribution is -2.69. The van der Waals surface area contributed by atoms with Crippen molar-refractivity contribution in [1.82, 2.24) is 0 Å². The van der Waals surface area contributed by atoms with Crippen molar-refractivity contribution in [3.8, 4) is 0 Å². The summed E-state index contributed by atoms with van der Waals surface area (Å²) in [5.74, 6) is -2.38. The first-order valence-electron chi connectivity index (χ1n) is 10.3. The van der Waals surface area contributed by atoms with Crippen LogP contribution in [0, 0.1) is 28.6 Å². The predicted molar refractivity (Wildman–Crippen MR) is 106 cm³/mol. The minimum Gasteiger partial charge on any atom is -0.479 e. The van der Waals surface area contributed by atoms with Gasteiger partial charge in [-0.1, -0.05) is 32.4 Å². The number of carbonyl (C=O) groups is 2. The highest BCUT2D eigenvalue weighted by atomic mass is 35.5. The molecular formula is C22H29ClO6. The minimum absolute atomic E-state index is 0.0769. The summed E-state index contributed by atoms with van der Waals surface area (Å²) in [6, 6.07) is 0. The number of carboxylic acid groups (broad SMARTS) is 1. The van der Waals surface area contributed by atoms with Crippen LogP contribution in [0.15, 0.2) is 23.8 Å². The van der Waals surface area contributed by atoms with Crippen molar-refractivity contribution < 1.29 is 30.0 Å². The number of carbonyl (C=O) groups excluding carboxylic acids is 1. The Morgan fingerprint density at radius 2 is 1.97 bits per heavy atom. The van der Waals surface area contributed by atoms with Crippen molar-refractivity contribution in [2.75, 3.05) is 0 Å². The van der Waals surface area contributed by atoms with Gasteiger partial charge in [-0.15, -0.1) is 11.6 Å². The van der Waals surface area contributed by atoms with Crippen molar-refractivity contribution in [3.05, 3.63) is 23.8 Å². The molecule has 0 aliphatic heterocycles. The van der Waals surface area contributed by atoms with Gasteiger partial charge in [0.15, 0.2) is 11.9 Å². The highest BCUT2D eigenvalue weighted by Gasteiger charge is 2.75. The van der Waals surface area contributed by atoms with Gasteiger partial charge in [-0.3, -0.25) is 4.79 Å². The molecule has 0 bridgehead atoms. The monoisotopic (exact) mass is 424 g/mol. The number of alkyl halides is 1. The number of ketones is 1. The summed E-state index contributed by atoms with van der Waals surface area (Å²) < 4.78 is 0. The molecule has 160 valence electrons. The Morgan fingerprint density at radius 3 is 2.59 bits per heavy atom. The maximum absolute atomic E-state index is 11.9. The average Bonchev–Trinajstić information content (AvgIpc) is 2.84. The molecule has 3 fully saturated rings. The zero-order chi connectivity index (χ0) is 21.6. The molecule has 4 aliphatic rings. The molecule has 1 unspecified atom stereocenters. The first-order valence-corrected chi connectivity index (χ1v) is 10.7. The Balaban J connectivity index is 1.83. The minimum atomic E-state index is -1.94. The molecule has 4 N–H and O–H groups in total. The fourth-order valence-electron chi connectivity index (χ4n) is 7.35. The number of aliphatic hydroxyl groups is 3. The van der Waals surface area contributed by atoms with Crippen LogP contribution in [-0.4, -0.2) is 54.9 Å². The lowest BCUT2D eigenvalue weighted by atomic mass is 9.45. The molecule has 9 atom stereocenters. The maximum Gasteiger partial charge on any atom is 0.335 e. The lowest BCUT2D eigenvalue weighted by Gasteiger charge is -2.64. The maximum atomic E-state index is 11.9. The molecule has 3 saturated carbocycles. The Kier molecular flexibility index (Phi) is 4.47. The van der Waals surface area contributed by atoms with E-state index in [0.717, 1.165) is 5.57 Å². The van der Waals surface area contributed by atoms with Crippen LogP contribution in [0.4, 0.5) is 0 Å². The zero-order valence-electron chi connectivity index (χ0n) is 16.9. The van der Waals surface area contributed by atoms with Gasteiger partial charge in [0.05, 0.1) is 11.0 Å². The largest absolute Gasteiger partial charge is 0.479 e. The number of hydrogen-bond donors (Lipinski definition) is 4. The van der Waals surface area contributed by atoms with Crippen LogP contribution in [0.25, 0.3) is 0 Å². The number of hydrogen-bond acceptors (Lipinski definition) is 5. The number of rotatable bonds is 2. The summed E-state index contributed by atoms with van der Waals surface area (Å²) in [4.78, 5) is 22.5. The average molecular weight is 425 g/mol. The van der Waals surface area contributed by atoms with Crippen molar-refractivity contribution >= 4 is 23.4 Å². The third kappa shape index (κ3) is 2.29. The molecule has 0 radical (unpaired) electrons. The second kappa shape index (κ2) is 6.16. The predicted octanol–water partition coefficient (Wildman–Crippen LogP) is 2.05. The fourth-order valence-corrected chi connectivity index (χ4v) is 7.87. The Morgan fingerprint density at radius 1 is 1.31 bits per heavy atom. The van der Waals surface area contributed by atoms with Gasteiger partial charge >= 0.3 is 5.97 Å². The standard InChI is InChI=1S/C22H29ClO6/c1-11-8-15-14-5-4-12-9-13(24)6-7-19(12,2)21(14,23)16(25)10-20(15,3)22(11,29)17(26)18(27)28/h6-7,9,11,14-17,25-26,29H,4-5,8,10H2,1-3H3,(H,27,28)/t11-,14-,15-,16-,17?,19-,20-,21-,22-/m0/s1. The van der Waals surface area contributed by atoms with Crippen LogP contribution in [-0.2, 0) is 9.59 Å². The summed E-state index contributed by atoms with van der Waals surface area (Å²) in [5, 5.41) is 42.8. The molecule has 6 nitrogen and oxygen atoms in total. The van der Waals surface area contributed by atoms with Crippen LogP contribution in [0.1, 0.15) is 46.5 Å². The summed E-state index contributed by atoms with van der Waals surface area (Å²) in [5.41, 5.74) is -2.66. The second-order valence-corrected chi connectivity index (χ2v) is 10.6. The van der Waals surface area contributed by atoms with Gasteiger partial charge in [0, 0.05) is 10.8 Å². The van der Waals surface area contributed by atoms with E-state index in [1.54, 1.807) is 26.0 Å². The van der Waals surface area contributed by atoms with E-state index in [9.17, 15) is 30.0 Å². The second-order valence-electron chi connectivity index (χ2n) is 9.97. The highest BCUT2D eigenvalue weighted by molar-refractivity contribution is 6.26. The van der Waals surface area contributed by atoms with E-state index in [-0.39, 0.29) is 24.0 Å². The SMILES string of the molecule is C[C@H]1C[C@H]2[C@@H]3CCC4=CC(=O)C=C[C@]4(C)[C@@]3(Cl)[C@@H](O)C[C@]2(C)[C@@]1(O)C(O)C(=O)O. The molecule has 4 aliphatic carbocycles. The van der Waals surface area contributed by atoms with Gasteiger partial charge in [-0.05, 0) is 55.6 Å². The van der Waals surface area contributed by atoms with E-state index >= 15 is 0 Å².